The lowest BCUT2D eigenvalue weighted by Gasteiger charge is -2.08. The molecule has 0 spiro atoms. The van der Waals surface area contributed by atoms with Gasteiger partial charge in [0.1, 0.15) is 5.01 Å². The van der Waals surface area contributed by atoms with Crippen molar-refractivity contribution in [3.63, 3.8) is 0 Å². The van der Waals surface area contributed by atoms with E-state index in [1.165, 1.54) is 0 Å². The van der Waals surface area contributed by atoms with Crippen LogP contribution in [0.2, 0.25) is 0 Å². The van der Waals surface area contributed by atoms with E-state index in [0.29, 0.717) is 5.56 Å². The van der Waals surface area contributed by atoms with Crippen molar-refractivity contribution in [2.75, 3.05) is 5.32 Å². The van der Waals surface area contributed by atoms with E-state index in [1.54, 1.807) is 11.3 Å². The van der Waals surface area contributed by atoms with Gasteiger partial charge in [-0.1, -0.05) is 41.5 Å². The molecule has 1 N–H and O–H groups in total. The van der Waals surface area contributed by atoms with E-state index in [2.05, 4.69) is 17.4 Å². The number of carbonyl (C=O) groups is 1. The summed E-state index contributed by atoms with van der Waals surface area (Å²) in [4.78, 5) is 17.3. The third kappa shape index (κ3) is 3.37. The number of aromatic nitrogens is 1. The molecule has 1 heterocycles. The highest BCUT2D eigenvalue weighted by Gasteiger charge is 2.10. The highest BCUT2D eigenvalue weighted by atomic mass is 32.1. The van der Waals surface area contributed by atoms with Crippen molar-refractivity contribution >= 4 is 33.1 Å². The zero-order valence-electron chi connectivity index (χ0n) is 14.6. The van der Waals surface area contributed by atoms with E-state index in [-0.39, 0.29) is 5.91 Å². The van der Waals surface area contributed by atoms with Gasteiger partial charge in [-0.05, 0) is 50.2 Å². The first-order chi connectivity index (χ1) is 12.6. The SMILES string of the molecule is Cc1cc(C)cc(C(=O)Nc2cccc(-c3nc4ccccc4s3)c2)c1. The molecule has 0 fully saturated rings. The van der Waals surface area contributed by atoms with Crippen molar-refractivity contribution in [3.05, 3.63) is 83.4 Å². The predicted molar refractivity (Wildman–Crippen MR) is 109 cm³/mol. The van der Waals surface area contributed by atoms with Gasteiger partial charge >= 0.3 is 0 Å². The average Bonchev–Trinajstić information content (AvgIpc) is 3.05. The molecule has 0 atom stereocenters. The van der Waals surface area contributed by atoms with Gasteiger partial charge < -0.3 is 5.32 Å². The zero-order chi connectivity index (χ0) is 18.1. The Labute approximate surface area is 156 Å². The molecule has 0 aliphatic heterocycles. The molecule has 4 rings (SSSR count). The van der Waals surface area contributed by atoms with Crippen LogP contribution in [-0.2, 0) is 0 Å². The van der Waals surface area contributed by atoms with Crippen LogP contribution in [0.5, 0.6) is 0 Å². The molecule has 0 aliphatic rings. The molecule has 0 aliphatic carbocycles. The summed E-state index contributed by atoms with van der Waals surface area (Å²) < 4.78 is 1.16. The van der Waals surface area contributed by atoms with Crippen molar-refractivity contribution in [1.29, 1.82) is 0 Å². The summed E-state index contributed by atoms with van der Waals surface area (Å²) in [6.07, 6.45) is 0. The molecule has 0 bridgehead atoms. The number of thiazole rings is 1. The molecule has 3 nitrogen and oxygen atoms in total. The first kappa shape index (κ1) is 16.5. The van der Waals surface area contributed by atoms with E-state index >= 15 is 0 Å². The van der Waals surface area contributed by atoms with E-state index in [9.17, 15) is 4.79 Å². The monoisotopic (exact) mass is 358 g/mol. The molecule has 128 valence electrons. The van der Waals surface area contributed by atoms with Crippen LogP contribution < -0.4 is 5.32 Å². The summed E-state index contributed by atoms with van der Waals surface area (Å²) in [6, 6.07) is 21.8. The molecule has 0 unspecified atom stereocenters. The summed E-state index contributed by atoms with van der Waals surface area (Å²) in [5, 5.41) is 3.95. The van der Waals surface area contributed by atoms with Crippen molar-refractivity contribution in [3.8, 4) is 10.6 Å². The van der Waals surface area contributed by atoms with Crippen LogP contribution in [0, 0.1) is 13.8 Å². The fourth-order valence-electron chi connectivity index (χ4n) is 3.03. The van der Waals surface area contributed by atoms with Gasteiger partial charge in [0.25, 0.3) is 5.91 Å². The van der Waals surface area contributed by atoms with Crippen molar-refractivity contribution in [2.24, 2.45) is 0 Å². The first-order valence-electron chi connectivity index (χ1n) is 8.44. The van der Waals surface area contributed by atoms with Crippen molar-refractivity contribution in [1.82, 2.24) is 4.98 Å². The van der Waals surface area contributed by atoms with Crippen LogP contribution in [0.15, 0.2) is 66.7 Å². The summed E-state index contributed by atoms with van der Waals surface area (Å²) >= 11 is 1.65. The van der Waals surface area contributed by atoms with Crippen LogP contribution in [0.4, 0.5) is 5.69 Å². The third-order valence-electron chi connectivity index (χ3n) is 4.15. The van der Waals surface area contributed by atoms with Gasteiger partial charge in [0.05, 0.1) is 10.2 Å². The number of carbonyl (C=O) groups excluding carboxylic acids is 1. The number of fused-ring (bicyclic) bond motifs is 1. The standard InChI is InChI=1S/C22H18N2OS/c1-14-10-15(2)12-17(11-14)21(25)23-18-7-5-6-16(13-18)22-24-19-8-3-4-9-20(19)26-22/h3-13H,1-2H3,(H,23,25). The number of hydrogen-bond acceptors (Lipinski definition) is 3. The van der Waals surface area contributed by atoms with E-state index in [0.717, 1.165) is 37.6 Å². The lowest BCUT2D eigenvalue weighted by molar-refractivity contribution is 0.102. The number of hydrogen-bond donors (Lipinski definition) is 1. The van der Waals surface area contributed by atoms with E-state index in [4.69, 9.17) is 4.98 Å². The maximum Gasteiger partial charge on any atom is 0.255 e. The second-order valence-corrected chi connectivity index (χ2v) is 7.43. The smallest absolute Gasteiger partial charge is 0.255 e. The van der Waals surface area contributed by atoms with Gasteiger partial charge in [0.15, 0.2) is 0 Å². The molecule has 4 aromatic rings. The van der Waals surface area contributed by atoms with Crippen LogP contribution >= 0.6 is 11.3 Å². The summed E-state index contributed by atoms with van der Waals surface area (Å²) in [7, 11) is 0. The normalized spacial score (nSPS) is 10.8. The van der Waals surface area contributed by atoms with E-state index < -0.39 is 0 Å². The molecule has 26 heavy (non-hydrogen) atoms. The lowest BCUT2D eigenvalue weighted by Crippen LogP contribution is -2.12. The minimum atomic E-state index is -0.0988. The molecule has 1 aromatic heterocycles. The summed E-state index contributed by atoms with van der Waals surface area (Å²) in [6.45, 7) is 4.00. The largest absolute Gasteiger partial charge is 0.322 e. The Morgan fingerprint density at radius 3 is 2.46 bits per heavy atom. The number of aryl methyl sites for hydroxylation is 2. The molecule has 0 saturated heterocycles. The molecule has 3 aromatic carbocycles. The Hall–Kier alpha value is -2.98. The number of rotatable bonds is 3. The quantitative estimate of drug-likeness (QED) is 0.500. The van der Waals surface area contributed by atoms with Crippen molar-refractivity contribution < 1.29 is 4.79 Å². The number of nitrogens with one attached hydrogen (secondary N) is 1. The molecular formula is C22H18N2OS. The number of nitrogens with zero attached hydrogens (tertiary/aromatic N) is 1. The van der Waals surface area contributed by atoms with Gasteiger partial charge in [-0.3, -0.25) is 4.79 Å². The van der Waals surface area contributed by atoms with Gasteiger partial charge in [-0.25, -0.2) is 4.98 Å². The van der Waals surface area contributed by atoms with Gasteiger partial charge in [0.2, 0.25) is 0 Å². The Morgan fingerprint density at radius 1 is 0.923 bits per heavy atom. The minimum absolute atomic E-state index is 0.0988. The fourth-order valence-corrected chi connectivity index (χ4v) is 4.00. The molecular weight excluding hydrogens is 340 g/mol. The highest BCUT2D eigenvalue weighted by Crippen LogP contribution is 2.31. The predicted octanol–water partition coefficient (Wildman–Crippen LogP) is 5.83. The maximum atomic E-state index is 12.6. The third-order valence-corrected chi connectivity index (χ3v) is 5.23. The Bertz CT molecular complexity index is 1060. The van der Waals surface area contributed by atoms with Gasteiger partial charge in [0, 0.05) is 16.8 Å². The van der Waals surface area contributed by atoms with Gasteiger partial charge in [-0.2, -0.15) is 0 Å². The number of para-hydroxylation sites is 1. The number of benzene rings is 3. The minimum Gasteiger partial charge on any atom is -0.322 e. The first-order valence-corrected chi connectivity index (χ1v) is 9.26. The maximum absolute atomic E-state index is 12.6. The molecule has 0 radical (unpaired) electrons. The lowest BCUT2D eigenvalue weighted by atomic mass is 10.1. The second kappa shape index (κ2) is 6.73. The van der Waals surface area contributed by atoms with Crippen LogP contribution in [0.25, 0.3) is 20.8 Å². The molecule has 1 amide bonds. The Balaban J connectivity index is 1.62. The summed E-state index contributed by atoms with van der Waals surface area (Å²) in [5.41, 5.74) is 5.61. The van der Waals surface area contributed by atoms with Crippen LogP contribution in [0.3, 0.4) is 0 Å². The highest BCUT2D eigenvalue weighted by molar-refractivity contribution is 7.21. The van der Waals surface area contributed by atoms with Crippen LogP contribution in [0.1, 0.15) is 21.5 Å². The fraction of sp³-hybridized carbons (Fsp3) is 0.0909. The number of anilines is 1. The molecule has 0 saturated carbocycles. The van der Waals surface area contributed by atoms with Crippen LogP contribution in [-0.4, -0.2) is 10.9 Å². The summed E-state index contributed by atoms with van der Waals surface area (Å²) in [5.74, 6) is -0.0988. The van der Waals surface area contributed by atoms with Crippen molar-refractivity contribution in [2.45, 2.75) is 13.8 Å². The van der Waals surface area contributed by atoms with E-state index in [1.807, 2.05) is 68.4 Å². The van der Waals surface area contributed by atoms with Gasteiger partial charge in [-0.15, -0.1) is 11.3 Å². The number of amides is 1. The topological polar surface area (TPSA) is 42.0 Å². The zero-order valence-corrected chi connectivity index (χ0v) is 15.4. The average molecular weight is 358 g/mol. The molecule has 4 heteroatoms. The Morgan fingerprint density at radius 2 is 1.69 bits per heavy atom. The Kier molecular flexibility index (Phi) is 4.27. The second-order valence-electron chi connectivity index (χ2n) is 6.40.